The minimum absolute atomic E-state index is 0.108. The number of rotatable bonds is 7. The first kappa shape index (κ1) is 19.5. The first-order valence-electron chi connectivity index (χ1n) is 9.83. The van der Waals surface area contributed by atoms with Crippen molar-refractivity contribution < 1.29 is 13.5 Å². The summed E-state index contributed by atoms with van der Waals surface area (Å²) in [6.07, 6.45) is 4.05. The number of benzene rings is 1. The lowest BCUT2D eigenvalue weighted by atomic mass is 10.0. The lowest BCUT2D eigenvalue weighted by Crippen LogP contribution is -2.49. The molecule has 2 heterocycles. The number of pyridine rings is 1. The maximum Gasteiger partial charge on any atom is 0.209 e. The van der Waals surface area contributed by atoms with Crippen molar-refractivity contribution in [1.29, 1.82) is 0 Å². The van der Waals surface area contributed by atoms with Crippen LogP contribution in [0.3, 0.4) is 0 Å². The van der Waals surface area contributed by atoms with Crippen molar-refractivity contribution in [2.75, 3.05) is 12.8 Å². The normalized spacial score (nSPS) is 24.4. The van der Waals surface area contributed by atoms with E-state index in [4.69, 9.17) is 4.98 Å². The monoisotopic (exact) mass is 401 g/mol. The van der Waals surface area contributed by atoms with Gasteiger partial charge in [-0.15, -0.1) is 0 Å². The predicted molar refractivity (Wildman–Crippen MR) is 109 cm³/mol. The molecule has 0 bridgehead atoms. The van der Waals surface area contributed by atoms with Gasteiger partial charge in [0.05, 0.1) is 11.9 Å². The van der Waals surface area contributed by atoms with Gasteiger partial charge in [0.15, 0.2) is 0 Å². The number of hydrogen-bond acceptors (Lipinski definition) is 5. The molecule has 150 valence electrons. The van der Waals surface area contributed by atoms with Crippen LogP contribution in [0.15, 0.2) is 48.5 Å². The fourth-order valence-corrected chi connectivity index (χ4v) is 4.95. The average Bonchev–Trinajstić information content (AvgIpc) is 3.45. The van der Waals surface area contributed by atoms with Crippen LogP contribution in [0, 0.1) is 5.92 Å². The SMILES string of the molecule is CS(=O)(=O)NC1CCN(C(O)C2CC2)C1Cc1cccc(-c2ccccc2)n1. The Morgan fingerprint density at radius 2 is 1.89 bits per heavy atom. The second kappa shape index (κ2) is 7.91. The number of likely N-dealkylation sites (tertiary alicyclic amines) is 1. The number of nitrogens with one attached hydrogen (secondary N) is 1. The van der Waals surface area contributed by atoms with Crippen LogP contribution >= 0.6 is 0 Å². The summed E-state index contributed by atoms with van der Waals surface area (Å²) in [6.45, 7) is 0.688. The molecule has 3 unspecified atom stereocenters. The van der Waals surface area contributed by atoms with Crippen LogP contribution in [-0.4, -0.2) is 54.5 Å². The highest BCUT2D eigenvalue weighted by Gasteiger charge is 2.43. The van der Waals surface area contributed by atoms with E-state index in [-0.39, 0.29) is 12.1 Å². The first-order chi connectivity index (χ1) is 13.4. The Morgan fingerprint density at radius 3 is 2.57 bits per heavy atom. The largest absolute Gasteiger partial charge is 0.378 e. The highest BCUT2D eigenvalue weighted by Crippen LogP contribution is 2.37. The molecule has 1 aliphatic carbocycles. The summed E-state index contributed by atoms with van der Waals surface area (Å²) in [5.41, 5.74) is 2.86. The van der Waals surface area contributed by atoms with Crippen LogP contribution in [0.1, 0.15) is 25.0 Å². The van der Waals surface area contributed by atoms with E-state index in [0.29, 0.717) is 25.3 Å². The Kier molecular flexibility index (Phi) is 5.51. The standard InChI is InChI=1S/C21H27N3O3S/c1-28(26,27)23-19-12-13-24(21(25)16-10-11-16)20(19)14-17-8-5-9-18(22-17)15-6-3-2-4-7-15/h2-9,16,19-21,23,25H,10-14H2,1H3. The summed E-state index contributed by atoms with van der Waals surface area (Å²) < 4.78 is 26.4. The van der Waals surface area contributed by atoms with Crippen molar-refractivity contribution in [2.45, 2.75) is 44.0 Å². The molecule has 2 aromatic rings. The van der Waals surface area contributed by atoms with E-state index < -0.39 is 16.3 Å². The van der Waals surface area contributed by atoms with Crippen LogP contribution < -0.4 is 4.72 Å². The van der Waals surface area contributed by atoms with Gasteiger partial charge in [0, 0.05) is 36.3 Å². The highest BCUT2D eigenvalue weighted by atomic mass is 32.2. The van der Waals surface area contributed by atoms with Crippen LogP contribution in [0.25, 0.3) is 11.3 Å². The van der Waals surface area contributed by atoms with Gasteiger partial charge >= 0.3 is 0 Å². The number of sulfonamides is 1. The van der Waals surface area contributed by atoms with Crippen molar-refractivity contribution in [3.05, 3.63) is 54.2 Å². The van der Waals surface area contributed by atoms with Crippen molar-refractivity contribution in [2.24, 2.45) is 5.92 Å². The summed E-state index contributed by atoms with van der Waals surface area (Å²) in [5, 5.41) is 10.7. The predicted octanol–water partition coefficient (Wildman–Crippen LogP) is 2.01. The Labute approximate surface area is 166 Å². The smallest absolute Gasteiger partial charge is 0.209 e. The molecule has 0 amide bonds. The zero-order valence-electron chi connectivity index (χ0n) is 16.0. The zero-order chi connectivity index (χ0) is 19.7. The molecule has 1 aromatic carbocycles. The number of aromatic nitrogens is 1. The topological polar surface area (TPSA) is 82.5 Å². The molecule has 0 radical (unpaired) electrons. The summed E-state index contributed by atoms with van der Waals surface area (Å²) in [7, 11) is -3.32. The molecule has 1 aromatic heterocycles. The van der Waals surface area contributed by atoms with E-state index in [1.165, 1.54) is 6.26 Å². The first-order valence-corrected chi connectivity index (χ1v) is 11.7. The Hall–Kier alpha value is -1.80. The van der Waals surface area contributed by atoms with Gasteiger partial charge in [-0.3, -0.25) is 9.88 Å². The van der Waals surface area contributed by atoms with Crippen LogP contribution in [0.2, 0.25) is 0 Å². The van der Waals surface area contributed by atoms with E-state index in [1.807, 2.05) is 48.5 Å². The van der Waals surface area contributed by atoms with Crippen molar-refractivity contribution in [3.63, 3.8) is 0 Å². The molecule has 4 rings (SSSR count). The van der Waals surface area contributed by atoms with Crippen molar-refractivity contribution >= 4 is 10.0 Å². The summed E-state index contributed by atoms with van der Waals surface area (Å²) in [5.74, 6) is 0.308. The van der Waals surface area contributed by atoms with Crippen molar-refractivity contribution in [1.82, 2.24) is 14.6 Å². The lowest BCUT2D eigenvalue weighted by molar-refractivity contribution is -0.0233. The van der Waals surface area contributed by atoms with Gasteiger partial charge in [-0.05, 0) is 37.3 Å². The minimum atomic E-state index is -3.32. The molecular weight excluding hydrogens is 374 g/mol. The maximum absolute atomic E-state index is 11.8. The molecule has 0 spiro atoms. The number of hydrogen-bond donors (Lipinski definition) is 2. The fraction of sp³-hybridized carbons (Fsp3) is 0.476. The highest BCUT2D eigenvalue weighted by molar-refractivity contribution is 7.88. The Balaban J connectivity index is 1.58. The van der Waals surface area contributed by atoms with Gasteiger partial charge < -0.3 is 5.11 Å². The van der Waals surface area contributed by atoms with E-state index in [9.17, 15) is 13.5 Å². The third-order valence-corrected chi connectivity index (χ3v) is 6.36. The van der Waals surface area contributed by atoms with Gasteiger partial charge in [0.2, 0.25) is 10.0 Å². The van der Waals surface area contributed by atoms with Gasteiger partial charge in [0.25, 0.3) is 0 Å². The Morgan fingerprint density at radius 1 is 1.14 bits per heavy atom. The third kappa shape index (κ3) is 4.60. The van der Waals surface area contributed by atoms with Crippen molar-refractivity contribution in [3.8, 4) is 11.3 Å². The van der Waals surface area contributed by atoms with Gasteiger partial charge in [-0.2, -0.15) is 0 Å². The van der Waals surface area contributed by atoms with Gasteiger partial charge in [0.1, 0.15) is 6.23 Å². The maximum atomic E-state index is 11.8. The minimum Gasteiger partial charge on any atom is -0.378 e. The van der Waals surface area contributed by atoms with E-state index in [0.717, 1.165) is 29.8 Å². The van der Waals surface area contributed by atoms with Gasteiger partial charge in [-0.25, -0.2) is 13.1 Å². The third-order valence-electron chi connectivity index (χ3n) is 5.63. The van der Waals surface area contributed by atoms with Gasteiger partial charge in [-0.1, -0.05) is 36.4 Å². The van der Waals surface area contributed by atoms with Crippen LogP contribution in [0.4, 0.5) is 0 Å². The number of nitrogens with zero attached hydrogens (tertiary/aromatic N) is 2. The van der Waals surface area contributed by atoms with E-state index in [2.05, 4.69) is 9.62 Å². The molecule has 2 aliphatic rings. The lowest BCUT2D eigenvalue weighted by Gasteiger charge is -2.32. The molecule has 1 aliphatic heterocycles. The zero-order valence-corrected chi connectivity index (χ0v) is 16.8. The molecule has 2 N–H and O–H groups in total. The second-order valence-electron chi connectivity index (χ2n) is 7.93. The molecule has 7 heteroatoms. The summed E-state index contributed by atoms with van der Waals surface area (Å²) in [6, 6.07) is 15.6. The molecule has 28 heavy (non-hydrogen) atoms. The molecular formula is C21H27N3O3S. The molecule has 1 saturated heterocycles. The van der Waals surface area contributed by atoms with E-state index in [1.54, 1.807) is 0 Å². The summed E-state index contributed by atoms with van der Waals surface area (Å²) in [4.78, 5) is 6.87. The second-order valence-corrected chi connectivity index (χ2v) is 9.71. The number of aliphatic hydroxyl groups excluding tert-OH is 1. The average molecular weight is 402 g/mol. The van der Waals surface area contributed by atoms with E-state index >= 15 is 0 Å². The Bertz CT molecular complexity index is 916. The molecule has 1 saturated carbocycles. The quantitative estimate of drug-likeness (QED) is 0.742. The fourth-order valence-electron chi connectivity index (χ4n) is 4.12. The molecule has 6 nitrogen and oxygen atoms in total. The van der Waals surface area contributed by atoms with Crippen LogP contribution in [-0.2, 0) is 16.4 Å². The molecule has 2 fully saturated rings. The number of aliphatic hydroxyl groups is 1. The summed E-state index contributed by atoms with van der Waals surface area (Å²) >= 11 is 0. The van der Waals surface area contributed by atoms with Crippen LogP contribution in [0.5, 0.6) is 0 Å². The molecule has 3 atom stereocenters.